The van der Waals surface area contributed by atoms with Gasteiger partial charge in [0.15, 0.2) is 0 Å². The molecule has 2 aromatic rings. The highest BCUT2D eigenvalue weighted by Crippen LogP contribution is 2.19. The number of hydrogen-bond donors (Lipinski definition) is 1. The first kappa shape index (κ1) is 17.0. The van der Waals surface area contributed by atoms with Crippen molar-refractivity contribution in [3.8, 4) is 0 Å². The Hall–Kier alpha value is -1.34. The number of rotatable bonds is 7. The summed E-state index contributed by atoms with van der Waals surface area (Å²) in [6.45, 7) is 2.15. The standard InChI is InChI=1S/C15H17BrFN3OS/c1-2-3-4-5-14-19-20-15(22-14)18-13(21)9-10-6-7-12(17)11(16)8-10/h6-8H,2-5,9H2,1H3,(H,18,20,21). The van der Waals surface area contributed by atoms with Gasteiger partial charge in [0.05, 0.1) is 10.9 Å². The number of hydrogen-bond acceptors (Lipinski definition) is 4. The van der Waals surface area contributed by atoms with Gasteiger partial charge in [0, 0.05) is 6.42 Å². The van der Waals surface area contributed by atoms with E-state index < -0.39 is 0 Å². The Labute approximate surface area is 141 Å². The van der Waals surface area contributed by atoms with Gasteiger partial charge in [-0.3, -0.25) is 4.79 Å². The number of unbranched alkanes of at least 4 members (excludes halogenated alkanes) is 2. The molecule has 4 nitrogen and oxygen atoms in total. The summed E-state index contributed by atoms with van der Waals surface area (Å²) in [5.41, 5.74) is 0.735. The second-order valence-corrected chi connectivity index (χ2v) is 6.85. The molecule has 1 amide bonds. The number of halogens is 2. The fraction of sp³-hybridized carbons (Fsp3) is 0.400. The fourth-order valence-electron chi connectivity index (χ4n) is 1.93. The summed E-state index contributed by atoms with van der Waals surface area (Å²) in [7, 11) is 0. The number of anilines is 1. The van der Waals surface area contributed by atoms with E-state index in [1.54, 1.807) is 12.1 Å². The third-order valence-corrected chi connectivity index (χ3v) is 4.56. The lowest BCUT2D eigenvalue weighted by Crippen LogP contribution is -2.14. The largest absolute Gasteiger partial charge is 0.300 e. The number of nitrogens with zero attached hydrogens (tertiary/aromatic N) is 2. The van der Waals surface area contributed by atoms with Crippen molar-refractivity contribution in [2.45, 2.75) is 39.0 Å². The molecule has 1 heterocycles. The van der Waals surface area contributed by atoms with Crippen LogP contribution >= 0.6 is 27.3 Å². The summed E-state index contributed by atoms with van der Waals surface area (Å²) in [6, 6.07) is 4.53. The first-order chi connectivity index (χ1) is 10.6. The predicted octanol–water partition coefficient (Wildman–Crippen LogP) is 4.35. The molecule has 0 atom stereocenters. The van der Waals surface area contributed by atoms with Gasteiger partial charge in [0.2, 0.25) is 11.0 Å². The number of carbonyl (C=O) groups excluding carboxylic acids is 1. The molecule has 0 spiro atoms. The van der Waals surface area contributed by atoms with E-state index >= 15 is 0 Å². The molecule has 1 aromatic heterocycles. The Morgan fingerprint density at radius 3 is 2.91 bits per heavy atom. The van der Waals surface area contributed by atoms with E-state index in [9.17, 15) is 9.18 Å². The molecular formula is C15H17BrFN3OS. The summed E-state index contributed by atoms with van der Waals surface area (Å²) in [5.74, 6) is -0.528. The third kappa shape index (κ3) is 5.14. The summed E-state index contributed by atoms with van der Waals surface area (Å²) in [5, 5.41) is 12.2. The second-order valence-electron chi connectivity index (χ2n) is 4.93. The van der Waals surface area contributed by atoms with E-state index in [0.29, 0.717) is 9.60 Å². The molecule has 0 saturated carbocycles. The van der Waals surface area contributed by atoms with Gasteiger partial charge in [-0.15, -0.1) is 10.2 Å². The number of aryl methyl sites for hydroxylation is 1. The van der Waals surface area contributed by atoms with Crippen molar-refractivity contribution in [1.82, 2.24) is 10.2 Å². The molecule has 0 aliphatic heterocycles. The zero-order valence-corrected chi connectivity index (χ0v) is 14.6. The molecule has 0 bridgehead atoms. The third-order valence-electron chi connectivity index (χ3n) is 3.06. The van der Waals surface area contributed by atoms with Crippen molar-refractivity contribution in [3.63, 3.8) is 0 Å². The maximum Gasteiger partial charge on any atom is 0.230 e. The van der Waals surface area contributed by atoms with Crippen molar-refractivity contribution in [2.24, 2.45) is 0 Å². The molecule has 0 aliphatic carbocycles. The molecule has 1 aromatic carbocycles. The van der Waals surface area contributed by atoms with Crippen LogP contribution in [0.15, 0.2) is 22.7 Å². The van der Waals surface area contributed by atoms with Gasteiger partial charge in [0.1, 0.15) is 10.8 Å². The molecular weight excluding hydrogens is 369 g/mol. The van der Waals surface area contributed by atoms with Gasteiger partial charge >= 0.3 is 0 Å². The van der Waals surface area contributed by atoms with Crippen LogP contribution in [0, 0.1) is 5.82 Å². The molecule has 0 unspecified atom stereocenters. The minimum Gasteiger partial charge on any atom is -0.300 e. The van der Waals surface area contributed by atoms with Gasteiger partial charge in [-0.2, -0.15) is 0 Å². The molecule has 1 N–H and O–H groups in total. The van der Waals surface area contributed by atoms with Crippen LogP contribution in [0.25, 0.3) is 0 Å². The predicted molar refractivity (Wildman–Crippen MR) is 89.6 cm³/mol. The molecule has 2 rings (SSSR count). The van der Waals surface area contributed by atoms with Crippen molar-refractivity contribution >= 4 is 38.3 Å². The maximum atomic E-state index is 13.1. The number of amides is 1. The van der Waals surface area contributed by atoms with E-state index in [-0.39, 0.29) is 18.1 Å². The molecule has 0 saturated heterocycles. The van der Waals surface area contributed by atoms with Crippen LogP contribution in [0.3, 0.4) is 0 Å². The highest BCUT2D eigenvalue weighted by molar-refractivity contribution is 9.10. The van der Waals surface area contributed by atoms with Crippen LogP contribution in [0.2, 0.25) is 0 Å². The highest BCUT2D eigenvalue weighted by atomic mass is 79.9. The lowest BCUT2D eigenvalue weighted by Gasteiger charge is -2.03. The Balaban J connectivity index is 1.87. The van der Waals surface area contributed by atoms with Crippen LogP contribution in [-0.2, 0) is 17.6 Å². The lowest BCUT2D eigenvalue weighted by atomic mass is 10.1. The Morgan fingerprint density at radius 2 is 2.18 bits per heavy atom. The van der Waals surface area contributed by atoms with Gasteiger partial charge < -0.3 is 5.32 Å². The summed E-state index contributed by atoms with van der Waals surface area (Å²) >= 11 is 4.51. The van der Waals surface area contributed by atoms with Gasteiger partial charge in [0.25, 0.3) is 0 Å². The molecule has 0 aliphatic rings. The van der Waals surface area contributed by atoms with Crippen LogP contribution in [0.1, 0.15) is 36.8 Å². The number of benzene rings is 1. The quantitative estimate of drug-likeness (QED) is 0.720. The minimum absolute atomic E-state index is 0.170. The summed E-state index contributed by atoms with van der Waals surface area (Å²) in [6.07, 6.45) is 4.48. The van der Waals surface area contributed by atoms with Gasteiger partial charge in [-0.25, -0.2) is 4.39 Å². The number of nitrogens with one attached hydrogen (secondary N) is 1. The van der Waals surface area contributed by atoms with Crippen molar-refractivity contribution < 1.29 is 9.18 Å². The number of carbonyl (C=O) groups is 1. The van der Waals surface area contributed by atoms with E-state index in [4.69, 9.17) is 0 Å². The Kier molecular flexibility index (Phi) is 6.45. The topological polar surface area (TPSA) is 54.9 Å². The smallest absolute Gasteiger partial charge is 0.230 e. The molecule has 0 fully saturated rings. The number of aromatic nitrogens is 2. The average molecular weight is 386 g/mol. The van der Waals surface area contributed by atoms with Crippen LogP contribution in [0.5, 0.6) is 0 Å². The van der Waals surface area contributed by atoms with Crippen LogP contribution in [0.4, 0.5) is 9.52 Å². The first-order valence-corrected chi connectivity index (χ1v) is 8.75. The Bertz CT molecular complexity index is 647. The van der Waals surface area contributed by atoms with Crippen molar-refractivity contribution in [2.75, 3.05) is 5.32 Å². The van der Waals surface area contributed by atoms with Crippen LogP contribution < -0.4 is 5.32 Å². The minimum atomic E-state index is -0.343. The van der Waals surface area contributed by atoms with E-state index in [0.717, 1.165) is 29.8 Å². The summed E-state index contributed by atoms with van der Waals surface area (Å²) < 4.78 is 13.5. The zero-order chi connectivity index (χ0) is 15.9. The molecule has 0 radical (unpaired) electrons. The summed E-state index contributed by atoms with van der Waals surface area (Å²) in [4.78, 5) is 12.0. The lowest BCUT2D eigenvalue weighted by molar-refractivity contribution is -0.115. The van der Waals surface area contributed by atoms with Gasteiger partial charge in [-0.1, -0.05) is 37.2 Å². The maximum absolute atomic E-state index is 13.1. The second kappa shape index (κ2) is 8.33. The van der Waals surface area contributed by atoms with Crippen LogP contribution in [-0.4, -0.2) is 16.1 Å². The monoisotopic (exact) mass is 385 g/mol. The average Bonchev–Trinajstić information content (AvgIpc) is 2.90. The van der Waals surface area contributed by atoms with Crippen molar-refractivity contribution in [1.29, 1.82) is 0 Å². The SMILES string of the molecule is CCCCCc1nnc(NC(=O)Cc2ccc(F)c(Br)c2)s1. The van der Waals surface area contributed by atoms with Gasteiger partial charge in [-0.05, 0) is 40.0 Å². The first-order valence-electron chi connectivity index (χ1n) is 7.14. The molecule has 7 heteroatoms. The highest BCUT2D eigenvalue weighted by Gasteiger charge is 2.10. The van der Waals surface area contributed by atoms with E-state index in [2.05, 4.69) is 38.4 Å². The zero-order valence-electron chi connectivity index (χ0n) is 12.2. The molecule has 118 valence electrons. The van der Waals surface area contributed by atoms with E-state index in [1.165, 1.54) is 23.8 Å². The Morgan fingerprint density at radius 1 is 1.36 bits per heavy atom. The van der Waals surface area contributed by atoms with E-state index in [1.807, 2.05) is 0 Å². The normalized spacial score (nSPS) is 10.7. The van der Waals surface area contributed by atoms with Crippen molar-refractivity contribution in [3.05, 3.63) is 39.1 Å². The fourth-order valence-corrected chi connectivity index (χ4v) is 3.15. The molecule has 22 heavy (non-hydrogen) atoms.